The maximum Gasteiger partial charge on any atom is 0.171 e. The maximum absolute atomic E-state index is 11.1. The molecular formula is C9H16O3S. The van der Waals surface area contributed by atoms with Crippen molar-refractivity contribution in [2.75, 3.05) is 5.75 Å². The first-order valence-corrected chi connectivity index (χ1v) is 5.98. The van der Waals surface area contributed by atoms with Crippen LogP contribution < -0.4 is 0 Å². The van der Waals surface area contributed by atoms with Crippen molar-refractivity contribution in [1.29, 1.82) is 0 Å². The molecule has 0 aromatic rings. The number of hydrogen-bond acceptors (Lipinski definition) is 3. The molecule has 76 valence electrons. The van der Waals surface area contributed by atoms with Crippen molar-refractivity contribution in [2.45, 2.75) is 26.7 Å². The van der Waals surface area contributed by atoms with Gasteiger partial charge in [0.2, 0.25) is 0 Å². The lowest BCUT2D eigenvalue weighted by molar-refractivity contribution is -0.121. The molecule has 0 aliphatic heterocycles. The van der Waals surface area contributed by atoms with Gasteiger partial charge in [-0.2, -0.15) is 0 Å². The van der Waals surface area contributed by atoms with Crippen LogP contribution in [0, 0.1) is 5.92 Å². The van der Waals surface area contributed by atoms with Gasteiger partial charge in [0.05, 0.1) is 5.75 Å². The monoisotopic (exact) mass is 204 g/mol. The second-order valence-corrected chi connectivity index (χ2v) is 5.33. The molecule has 0 heterocycles. The van der Waals surface area contributed by atoms with Crippen molar-refractivity contribution in [2.24, 2.45) is 5.92 Å². The van der Waals surface area contributed by atoms with E-state index >= 15 is 0 Å². The maximum atomic E-state index is 11.1. The number of sulfone groups is 1. The summed E-state index contributed by atoms with van der Waals surface area (Å²) < 4.78 is 21.8. The van der Waals surface area contributed by atoms with Crippen molar-refractivity contribution in [3.8, 4) is 0 Å². The third-order valence-electron chi connectivity index (χ3n) is 1.75. The van der Waals surface area contributed by atoms with Crippen LogP contribution in [-0.4, -0.2) is 20.0 Å². The predicted molar refractivity (Wildman–Crippen MR) is 53.1 cm³/mol. The minimum absolute atomic E-state index is 0.00793. The van der Waals surface area contributed by atoms with Gasteiger partial charge < -0.3 is 0 Å². The first-order chi connectivity index (χ1) is 5.89. The van der Waals surface area contributed by atoms with Gasteiger partial charge in [-0.25, -0.2) is 8.42 Å². The minimum Gasteiger partial charge on any atom is -0.299 e. The molecule has 0 N–H and O–H groups in total. The summed E-state index contributed by atoms with van der Waals surface area (Å²) in [6.07, 6.45) is 0.732. The molecular weight excluding hydrogens is 188 g/mol. The van der Waals surface area contributed by atoms with E-state index in [9.17, 15) is 13.2 Å². The average Bonchev–Trinajstić information content (AvgIpc) is 2.04. The van der Waals surface area contributed by atoms with Gasteiger partial charge in [0.1, 0.15) is 5.78 Å². The highest BCUT2D eigenvalue weighted by Crippen LogP contribution is 2.04. The lowest BCUT2D eigenvalue weighted by Gasteiger charge is -2.02. The Morgan fingerprint density at radius 2 is 2.00 bits per heavy atom. The van der Waals surface area contributed by atoms with Crippen LogP contribution in [0.1, 0.15) is 26.7 Å². The van der Waals surface area contributed by atoms with Crippen molar-refractivity contribution in [1.82, 2.24) is 0 Å². The third-order valence-corrected chi connectivity index (χ3v) is 3.12. The number of carbonyl (C=O) groups is 1. The van der Waals surface area contributed by atoms with Crippen LogP contribution in [0.2, 0.25) is 0 Å². The third kappa shape index (κ3) is 5.58. The molecule has 0 unspecified atom stereocenters. The molecule has 0 bridgehead atoms. The SMILES string of the molecule is C=CS(=O)(=O)CCCC(=O)C(C)C. The molecule has 13 heavy (non-hydrogen) atoms. The van der Waals surface area contributed by atoms with Crippen molar-refractivity contribution in [3.05, 3.63) is 12.0 Å². The Morgan fingerprint density at radius 1 is 1.46 bits per heavy atom. The van der Waals surface area contributed by atoms with Gasteiger partial charge in [-0.05, 0) is 6.42 Å². The molecule has 0 atom stereocenters. The first kappa shape index (κ1) is 12.4. The molecule has 0 saturated heterocycles. The zero-order chi connectivity index (χ0) is 10.5. The Balaban J connectivity index is 3.82. The Kier molecular flexibility index (Phi) is 4.91. The second-order valence-electron chi connectivity index (χ2n) is 3.26. The number of Topliss-reactive ketones (excluding diaryl/α,β-unsaturated/α-hetero) is 1. The molecule has 0 aliphatic rings. The van der Waals surface area contributed by atoms with Crippen LogP contribution in [0.4, 0.5) is 0 Å². The standard InChI is InChI=1S/C9H16O3S/c1-4-13(11,12)7-5-6-9(10)8(2)3/h4,8H,1,5-7H2,2-3H3. The summed E-state index contributed by atoms with van der Waals surface area (Å²) in [7, 11) is -3.13. The normalized spacial score (nSPS) is 11.6. The second kappa shape index (κ2) is 5.17. The number of carbonyl (C=O) groups excluding carboxylic acids is 1. The van der Waals surface area contributed by atoms with E-state index in [1.165, 1.54) is 0 Å². The minimum atomic E-state index is -3.13. The molecule has 0 aromatic heterocycles. The predicted octanol–water partition coefficient (Wildman–Crippen LogP) is 1.55. The van der Waals surface area contributed by atoms with Crippen molar-refractivity contribution < 1.29 is 13.2 Å². The van der Waals surface area contributed by atoms with E-state index in [0.29, 0.717) is 12.8 Å². The fraction of sp³-hybridized carbons (Fsp3) is 0.667. The van der Waals surface area contributed by atoms with Gasteiger partial charge in [-0.15, -0.1) is 0 Å². The smallest absolute Gasteiger partial charge is 0.171 e. The van der Waals surface area contributed by atoms with Crippen molar-refractivity contribution in [3.63, 3.8) is 0 Å². The van der Waals surface area contributed by atoms with E-state index in [-0.39, 0.29) is 17.5 Å². The summed E-state index contributed by atoms with van der Waals surface area (Å²) in [6, 6.07) is 0. The van der Waals surface area contributed by atoms with Crippen LogP contribution >= 0.6 is 0 Å². The quantitative estimate of drug-likeness (QED) is 0.659. The van der Waals surface area contributed by atoms with E-state index < -0.39 is 9.84 Å². The van der Waals surface area contributed by atoms with Gasteiger partial charge in [0.25, 0.3) is 0 Å². The van der Waals surface area contributed by atoms with Crippen LogP contribution in [0.25, 0.3) is 0 Å². The summed E-state index contributed by atoms with van der Waals surface area (Å²) in [6.45, 7) is 6.81. The zero-order valence-corrected chi connectivity index (χ0v) is 8.93. The number of ketones is 1. The van der Waals surface area contributed by atoms with Gasteiger partial charge in [-0.3, -0.25) is 4.79 Å². The van der Waals surface area contributed by atoms with Crippen LogP contribution in [-0.2, 0) is 14.6 Å². The average molecular weight is 204 g/mol. The van der Waals surface area contributed by atoms with Gasteiger partial charge in [0.15, 0.2) is 9.84 Å². The van der Waals surface area contributed by atoms with E-state index in [1.54, 1.807) is 0 Å². The van der Waals surface area contributed by atoms with E-state index in [2.05, 4.69) is 6.58 Å². The summed E-state index contributed by atoms with van der Waals surface area (Å²) in [5.41, 5.74) is 0. The number of rotatable bonds is 6. The Labute approximate surface area is 79.8 Å². The molecule has 0 aromatic carbocycles. The lowest BCUT2D eigenvalue weighted by Crippen LogP contribution is -2.09. The van der Waals surface area contributed by atoms with Gasteiger partial charge in [-0.1, -0.05) is 20.4 Å². The molecule has 4 heteroatoms. The molecule has 0 fully saturated rings. The number of hydrogen-bond donors (Lipinski definition) is 0. The highest BCUT2D eigenvalue weighted by Gasteiger charge is 2.09. The van der Waals surface area contributed by atoms with E-state index in [4.69, 9.17) is 0 Å². The van der Waals surface area contributed by atoms with Crippen LogP contribution in [0.3, 0.4) is 0 Å². The van der Waals surface area contributed by atoms with Crippen LogP contribution in [0.15, 0.2) is 12.0 Å². The highest BCUT2D eigenvalue weighted by molar-refractivity contribution is 7.94. The molecule has 0 aliphatic carbocycles. The van der Waals surface area contributed by atoms with Crippen molar-refractivity contribution >= 4 is 15.6 Å². The molecule has 0 saturated carbocycles. The molecule has 0 amide bonds. The fourth-order valence-corrected chi connectivity index (χ4v) is 1.53. The lowest BCUT2D eigenvalue weighted by atomic mass is 10.1. The summed E-state index contributed by atoms with van der Waals surface area (Å²) in [5.74, 6) is 0.125. The van der Waals surface area contributed by atoms with Gasteiger partial charge >= 0.3 is 0 Å². The fourth-order valence-electron chi connectivity index (χ4n) is 0.820. The molecule has 3 nitrogen and oxygen atoms in total. The zero-order valence-electron chi connectivity index (χ0n) is 8.12. The van der Waals surface area contributed by atoms with E-state index in [0.717, 1.165) is 5.41 Å². The largest absolute Gasteiger partial charge is 0.299 e. The Bertz CT molecular complexity index is 275. The summed E-state index contributed by atoms with van der Waals surface area (Å²) >= 11 is 0. The van der Waals surface area contributed by atoms with Gasteiger partial charge in [0, 0.05) is 17.7 Å². The Hall–Kier alpha value is -0.640. The van der Waals surface area contributed by atoms with Crippen LogP contribution in [0.5, 0.6) is 0 Å². The highest BCUT2D eigenvalue weighted by atomic mass is 32.2. The summed E-state index contributed by atoms with van der Waals surface area (Å²) in [4.78, 5) is 11.1. The van der Waals surface area contributed by atoms with E-state index in [1.807, 2.05) is 13.8 Å². The molecule has 0 rings (SSSR count). The molecule has 0 radical (unpaired) electrons. The summed E-state index contributed by atoms with van der Waals surface area (Å²) in [5, 5.41) is 0.937. The Morgan fingerprint density at radius 3 is 2.38 bits per heavy atom. The topological polar surface area (TPSA) is 51.2 Å². The molecule has 0 spiro atoms. The first-order valence-electron chi connectivity index (χ1n) is 4.27.